The van der Waals surface area contributed by atoms with Crippen LogP contribution in [-0.2, 0) is 19.1 Å². The molecule has 0 bridgehead atoms. The number of ether oxygens (including phenoxy) is 2. The molecule has 0 aliphatic carbocycles. The van der Waals surface area contributed by atoms with Crippen LogP contribution >= 0.6 is 0 Å². The first-order valence-electron chi connectivity index (χ1n) is 3.88. The normalized spacial score (nSPS) is 10.5. The Morgan fingerprint density at radius 1 is 0.833 bits per heavy atom. The summed E-state index contributed by atoms with van der Waals surface area (Å²) in [6.45, 7) is 2.29. The van der Waals surface area contributed by atoms with E-state index >= 15 is 0 Å². The second kappa shape index (κ2) is 10.8. The molecule has 0 atom stereocenters. The lowest BCUT2D eigenvalue weighted by Crippen LogP contribution is -2.19. The Bertz CT molecular complexity index is 71.8. The topological polar surface area (TPSA) is 49.0 Å². The third-order valence-corrected chi connectivity index (χ3v) is 1.10. The number of nitrogens with one attached hydrogen (secondary N) is 1. The van der Waals surface area contributed by atoms with Gasteiger partial charge in [-0.05, 0) is 6.42 Å². The molecule has 0 saturated heterocycles. The Morgan fingerprint density at radius 3 is 2.17 bits per heavy atom. The minimum atomic E-state index is 0.473. The van der Waals surface area contributed by atoms with Crippen molar-refractivity contribution in [3.63, 3.8) is 0 Å². The molecular weight excluding hydrogens is 162 g/mol. The summed E-state index contributed by atoms with van der Waals surface area (Å²) in [6, 6.07) is 0. The summed E-state index contributed by atoms with van der Waals surface area (Å²) in [5, 5.41) is 0. The quantitative estimate of drug-likeness (QED) is 0.402. The highest BCUT2D eigenvalue weighted by molar-refractivity contribution is 4.28. The largest absolute Gasteiger partial charge is 0.385 e. The van der Waals surface area contributed by atoms with Gasteiger partial charge in [0.05, 0.1) is 19.8 Å². The van der Waals surface area contributed by atoms with Crippen molar-refractivity contribution in [1.29, 1.82) is 0 Å². The first kappa shape index (κ1) is 11.8. The molecule has 5 heteroatoms. The molecule has 5 nitrogen and oxygen atoms in total. The van der Waals surface area contributed by atoms with Crippen LogP contribution in [0.1, 0.15) is 6.42 Å². The highest BCUT2D eigenvalue weighted by Crippen LogP contribution is 1.80. The minimum absolute atomic E-state index is 0.473. The van der Waals surface area contributed by atoms with Gasteiger partial charge in [-0.3, -0.25) is 9.68 Å². The lowest BCUT2D eigenvalue weighted by Gasteiger charge is -2.04. The van der Waals surface area contributed by atoms with E-state index in [1.807, 2.05) is 0 Å². The van der Waals surface area contributed by atoms with Crippen LogP contribution in [0.3, 0.4) is 0 Å². The van der Waals surface area contributed by atoms with Crippen molar-refractivity contribution in [3.8, 4) is 0 Å². The summed E-state index contributed by atoms with van der Waals surface area (Å²) in [7, 11) is 3.27. The predicted molar refractivity (Wildman–Crippen MR) is 43.4 cm³/mol. The minimum Gasteiger partial charge on any atom is -0.385 e. The summed E-state index contributed by atoms with van der Waals surface area (Å²) in [5.74, 6) is 0. The van der Waals surface area contributed by atoms with E-state index in [2.05, 4.69) is 5.64 Å². The zero-order chi connectivity index (χ0) is 9.07. The molecule has 0 radical (unpaired) electrons. The molecule has 0 aromatic carbocycles. The van der Waals surface area contributed by atoms with Crippen LogP contribution in [0.15, 0.2) is 0 Å². The van der Waals surface area contributed by atoms with E-state index < -0.39 is 0 Å². The molecule has 0 aliphatic rings. The number of hydrogen-bond donors (Lipinski definition) is 1. The Morgan fingerprint density at radius 2 is 1.50 bits per heavy atom. The monoisotopic (exact) mass is 179 g/mol. The van der Waals surface area contributed by atoms with Crippen LogP contribution in [0.4, 0.5) is 0 Å². The highest BCUT2D eigenvalue weighted by Gasteiger charge is 1.88. The molecule has 1 N–H and O–H groups in total. The summed E-state index contributed by atoms with van der Waals surface area (Å²) in [4.78, 5) is 9.69. The van der Waals surface area contributed by atoms with Crippen LogP contribution < -0.4 is 5.64 Å². The number of hydrogen-bond acceptors (Lipinski definition) is 5. The van der Waals surface area contributed by atoms with Gasteiger partial charge in [0, 0.05) is 20.8 Å². The first-order valence-corrected chi connectivity index (χ1v) is 3.88. The number of rotatable bonds is 9. The van der Waals surface area contributed by atoms with Crippen molar-refractivity contribution >= 4 is 0 Å². The van der Waals surface area contributed by atoms with E-state index in [4.69, 9.17) is 19.1 Å². The molecule has 0 unspecified atom stereocenters. The van der Waals surface area contributed by atoms with E-state index in [-0.39, 0.29) is 0 Å². The Balaban J connectivity index is 2.73. The van der Waals surface area contributed by atoms with E-state index in [1.54, 1.807) is 14.2 Å². The van der Waals surface area contributed by atoms with Crippen LogP contribution in [0.2, 0.25) is 0 Å². The average molecular weight is 179 g/mol. The van der Waals surface area contributed by atoms with E-state index in [1.165, 1.54) is 0 Å². The fourth-order valence-corrected chi connectivity index (χ4v) is 0.525. The zero-order valence-electron chi connectivity index (χ0n) is 7.67. The van der Waals surface area contributed by atoms with Crippen molar-refractivity contribution in [2.24, 2.45) is 0 Å². The molecule has 0 aliphatic heterocycles. The van der Waals surface area contributed by atoms with Crippen molar-refractivity contribution in [2.45, 2.75) is 6.42 Å². The second-order valence-corrected chi connectivity index (χ2v) is 2.12. The maximum absolute atomic E-state index is 4.87. The molecule has 0 aromatic rings. The smallest absolute Gasteiger partial charge is 0.0942 e. The highest BCUT2D eigenvalue weighted by atomic mass is 16.9. The molecule has 12 heavy (non-hydrogen) atoms. The summed E-state index contributed by atoms with van der Waals surface area (Å²) in [5.41, 5.74) is 2.34. The van der Waals surface area contributed by atoms with Gasteiger partial charge in [0.15, 0.2) is 0 Å². The van der Waals surface area contributed by atoms with Crippen molar-refractivity contribution in [1.82, 2.24) is 5.64 Å². The van der Waals surface area contributed by atoms with Crippen molar-refractivity contribution in [3.05, 3.63) is 0 Å². The summed E-state index contributed by atoms with van der Waals surface area (Å²) in [6.07, 6.45) is 0.844. The maximum atomic E-state index is 4.87. The van der Waals surface area contributed by atoms with Gasteiger partial charge in [-0.25, -0.2) is 0 Å². The lowest BCUT2D eigenvalue weighted by molar-refractivity contribution is -0.177. The van der Waals surface area contributed by atoms with Gasteiger partial charge < -0.3 is 9.47 Å². The molecule has 74 valence electrons. The summed E-state index contributed by atoms with van der Waals surface area (Å²) >= 11 is 0. The third kappa shape index (κ3) is 9.80. The van der Waals surface area contributed by atoms with Crippen molar-refractivity contribution in [2.75, 3.05) is 40.6 Å². The standard InChI is InChI=1S/C7H17NO4/c1-9-4-3-5-11-8-12-7-6-10-2/h8H,3-7H2,1-2H3. The van der Waals surface area contributed by atoms with E-state index in [9.17, 15) is 0 Å². The summed E-state index contributed by atoms with van der Waals surface area (Å²) < 4.78 is 9.56. The van der Waals surface area contributed by atoms with E-state index in [0.29, 0.717) is 26.4 Å². The fourth-order valence-electron chi connectivity index (χ4n) is 0.525. The van der Waals surface area contributed by atoms with Gasteiger partial charge in [-0.1, -0.05) is 5.64 Å². The molecule has 0 rings (SSSR count). The molecule has 0 heterocycles. The van der Waals surface area contributed by atoms with Gasteiger partial charge in [0.25, 0.3) is 0 Å². The van der Waals surface area contributed by atoms with Crippen LogP contribution in [-0.4, -0.2) is 40.6 Å². The van der Waals surface area contributed by atoms with Gasteiger partial charge in [-0.2, -0.15) is 0 Å². The lowest BCUT2D eigenvalue weighted by atomic mass is 10.5. The molecule has 0 saturated carbocycles. The van der Waals surface area contributed by atoms with Crippen LogP contribution in [0, 0.1) is 0 Å². The second-order valence-electron chi connectivity index (χ2n) is 2.12. The van der Waals surface area contributed by atoms with Gasteiger partial charge >= 0.3 is 0 Å². The SMILES string of the molecule is COCCCONOCCOC. The Hall–Kier alpha value is -0.200. The van der Waals surface area contributed by atoms with Crippen LogP contribution in [0.5, 0.6) is 0 Å². The molecule has 0 aromatic heterocycles. The molecular formula is C7H17NO4. The average Bonchev–Trinajstić information content (AvgIpc) is 2.10. The van der Waals surface area contributed by atoms with Crippen LogP contribution in [0.25, 0.3) is 0 Å². The molecule has 0 fully saturated rings. The third-order valence-electron chi connectivity index (χ3n) is 1.10. The molecule has 0 spiro atoms. The van der Waals surface area contributed by atoms with E-state index in [0.717, 1.165) is 6.42 Å². The Labute approximate surface area is 72.8 Å². The number of methoxy groups -OCH3 is 2. The maximum Gasteiger partial charge on any atom is 0.0942 e. The molecule has 0 amide bonds. The first-order chi connectivity index (χ1) is 5.91. The van der Waals surface area contributed by atoms with Gasteiger partial charge in [-0.15, -0.1) is 0 Å². The van der Waals surface area contributed by atoms with Gasteiger partial charge in [0.2, 0.25) is 0 Å². The van der Waals surface area contributed by atoms with Gasteiger partial charge in [0.1, 0.15) is 0 Å². The zero-order valence-corrected chi connectivity index (χ0v) is 7.67. The fraction of sp³-hybridized carbons (Fsp3) is 1.00. The predicted octanol–water partition coefficient (Wildman–Crippen LogP) is 0.122. The van der Waals surface area contributed by atoms with Crippen molar-refractivity contribution < 1.29 is 19.1 Å². The Kier molecular flexibility index (Phi) is 10.6.